The molecule has 9 heteroatoms. The van der Waals surface area contributed by atoms with Gasteiger partial charge in [0, 0.05) is 31.5 Å². The molecular formula is C20H25ClN2O5S. The minimum atomic E-state index is -3.98. The number of ether oxygens (including phenoxy) is 2. The molecule has 0 aliphatic rings. The molecule has 0 saturated heterocycles. The molecule has 158 valence electrons. The van der Waals surface area contributed by atoms with Gasteiger partial charge in [-0.3, -0.25) is 9.52 Å². The van der Waals surface area contributed by atoms with Crippen LogP contribution in [0.25, 0.3) is 0 Å². The van der Waals surface area contributed by atoms with Crippen LogP contribution in [0.15, 0.2) is 47.4 Å². The minimum Gasteiger partial charge on any atom is -0.494 e. The second-order valence-electron chi connectivity index (χ2n) is 6.16. The molecule has 0 atom stereocenters. The third-order valence-electron chi connectivity index (χ3n) is 3.96. The van der Waals surface area contributed by atoms with E-state index in [4.69, 9.17) is 21.1 Å². The number of amides is 1. The van der Waals surface area contributed by atoms with Gasteiger partial charge in [-0.15, -0.1) is 0 Å². The monoisotopic (exact) mass is 440 g/mol. The molecule has 0 spiro atoms. The number of hydrogen-bond acceptors (Lipinski definition) is 5. The second-order valence-corrected chi connectivity index (χ2v) is 8.22. The Balaban J connectivity index is 2.11. The van der Waals surface area contributed by atoms with Gasteiger partial charge in [0.25, 0.3) is 15.9 Å². The van der Waals surface area contributed by atoms with Gasteiger partial charge in [0.1, 0.15) is 10.6 Å². The van der Waals surface area contributed by atoms with Crippen molar-refractivity contribution in [3.63, 3.8) is 0 Å². The SMILES string of the molecule is CCOc1ccc(NS(=O)(=O)c2cc(C(=O)NCCCCOC)ccc2Cl)cc1. The van der Waals surface area contributed by atoms with Crippen molar-refractivity contribution in [2.24, 2.45) is 0 Å². The Kier molecular flexibility index (Phi) is 8.75. The summed E-state index contributed by atoms with van der Waals surface area (Å²) >= 11 is 6.09. The van der Waals surface area contributed by atoms with Crippen LogP contribution in [0, 0.1) is 0 Å². The molecule has 0 fully saturated rings. The van der Waals surface area contributed by atoms with E-state index in [1.807, 2.05) is 6.92 Å². The van der Waals surface area contributed by atoms with Crippen LogP contribution in [0.1, 0.15) is 30.1 Å². The molecule has 0 unspecified atom stereocenters. The number of hydrogen-bond donors (Lipinski definition) is 2. The van der Waals surface area contributed by atoms with Gasteiger partial charge < -0.3 is 14.8 Å². The highest BCUT2D eigenvalue weighted by Gasteiger charge is 2.20. The zero-order valence-electron chi connectivity index (χ0n) is 16.4. The molecule has 2 rings (SSSR count). The summed E-state index contributed by atoms with van der Waals surface area (Å²) in [5, 5.41) is 2.79. The van der Waals surface area contributed by atoms with Crippen LogP contribution in [0.5, 0.6) is 5.75 Å². The predicted molar refractivity (Wildman–Crippen MR) is 113 cm³/mol. The maximum absolute atomic E-state index is 12.8. The van der Waals surface area contributed by atoms with E-state index in [1.165, 1.54) is 18.2 Å². The zero-order valence-corrected chi connectivity index (χ0v) is 18.0. The standard InChI is InChI=1S/C20H25ClN2O5S/c1-3-28-17-9-7-16(8-10-17)23-29(25,26)19-14-15(6-11-18(19)21)20(24)22-12-4-5-13-27-2/h6-11,14,23H,3-5,12-13H2,1-2H3,(H,22,24). The maximum atomic E-state index is 12.8. The van der Waals surface area contributed by atoms with Gasteiger partial charge in [-0.2, -0.15) is 0 Å². The highest BCUT2D eigenvalue weighted by molar-refractivity contribution is 7.92. The van der Waals surface area contributed by atoms with Crippen molar-refractivity contribution in [1.29, 1.82) is 0 Å². The molecule has 0 heterocycles. The maximum Gasteiger partial charge on any atom is 0.263 e. The van der Waals surface area contributed by atoms with Crippen LogP contribution in [0.2, 0.25) is 5.02 Å². The molecule has 0 saturated carbocycles. The molecular weight excluding hydrogens is 416 g/mol. The smallest absolute Gasteiger partial charge is 0.263 e. The normalized spacial score (nSPS) is 11.1. The van der Waals surface area contributed by atoms with E-state index >= 15 is 0 Å². The summed E-state index contributed by atoms with van der Waals surface area (Å²) in [4.78, 5) is 12.1. The van der Waals surface area contributed by atoms with Crippen molar-refractivity contribution in [2.45, 2.75) is 24.7 Å². The van der Waals surface area contributed by atoms with Gasteiger partial charge in [-0.25, -0.2) is 8.42 Å². The van der Waals surface area contributed by atoms with Crippen LogP contribution in [0.4, 0.5) is 5.69 Å². The first-order valence-corrected chi connectivity index (χ1v) is 11.1. The van der Waals surface area contributed by atoms with Crippen LogP contribution in [0.3, 0.4) is 0 Å². The summed E-state index contributed by atoms with van der Waals surface area (Å²) in [5.74, 6) is 0.272. The van der Waals surface area contributed by atoms with E-state index in [-0.39, 0.29) is 21.4 Å². The predicted octanol–water partition coefficient (Wildman–Crippen LogP) is 3.70. The van der Waals surface area contributed by atoms with Crippen LogP contribution in [-0.4, -0.2) is 41.2 Å². The van der Waals surface area contributed by atoms with E-state index in [0.717, 1.165) is 12.8 Å². The van der Waals surface area contributed by atoms with E-state index in [2.05, 4.69) is 10.0 Å². The first-order chi connectivity index (χ1) is 13.9. The van der Waals surface area contributed by atoms with Crippen molar-refractivity contribution < 1.29 is 22.7 Å². The van der Waals surface area contributed by atoms with Crippen molar-refractivity contribution in [3.8, 4) is 5.75 Å². The first kappa shape index (κ1) is 23.0. The summed E-state index contributed by atoms with van der Waals surface area (Å²) in [6, 6.07) is 10.7. The Bertz CT molecular complexity index is 917. The van der Waals surface area contributed by atoms with E-state index < -0.39 is 10.0 Å². The van der Waals surface area contributed by atoms with Gasteiger partial charge in [0.15, 0.2) is 0 Å². The van der Waals surface area contributed by atoms with Gasteiger partial charge in [-0.05, 0) is 62.2 Å². The fourth-order valence-corrected chi connectivity index (χ4v) is 4.11. The molecule has 0 aliphatic carbocycles. The number of benzene rings is 2. The van der Waals surface area contributed by atoms with E-state index in [0.29, 0.717) is 31.2 Å². The van der Waals surface area contributed by atoms with Crippen molar-refractivity contribution in [3.05, 3.63) is 53.1 Å². The summed E-state index contributed by atoms with van der Waals surface area (Å²) in [6.45, 7) is 3.47. The Hall–Kier alpha value is -2.29. The largest absolute Gasteiger partial charge is 0.494 e. The molecule has 0 aromatic heterocycles. The molecule has 0 bridgehead atoms. The number of anilines is 1. The Morgan fingerprint density at radius 2 is 1.83 bits per heavy atom. The number of carbonyl (C=O) groups excluding carboxylic acids is 1. The fraction of sp³-hybridized carbons (Fsp3) is 0.350. The summed E-state index contributed by atoms with van der Waals surface area (Å²) in [7, 11) is -2.36. The lowest BCUT2D eigenvalue weighted by Gasteiger charge is -2.12. The topological polar surface area (TPSA) is 93.7 Å². The zero-order chi connectivity index (χ0) is 21.3. The number of unbranched alkanes of at least 4 members (excludes halogenated alkanes) is 1. The number of nitrogens with one attached hydrogen (secondary N) is 2. The fourth-order valence-electron chi connectivity index (χ4n) is 2.52. The summed E-state index contributed by atoms with van der Waals surface area (Å²) in [6.07, 6.45) is 1.58. The van der Waals surface area contributed by atoms with Crippen LogP contribution < -0.4 is 14.8 Å². The van der Waals surface area contributed by atoms with E-state index in [1.54, 1.807) is 31.4 Å². The van der Waals surface area contributed by atoms with Gasteiger partial charge in [0.05, 0.1) is 11.6 Å². The molecule has 1 amide bonds. The highest BCUT2D eigenvalue weighted by Crippen LogP contribution is 2.26. The van der Waals surface area contributed by atoms with Gasteiger partial charge in [-0.1, -0.05) is 11.6 Å². The lowest BCUT2D eigenvalue weighted by molar-refractivity contribution is 0.0951. The lowest BCUT2D eigenvalue weighted by atomic mass is 10.2. The average Bonchev–Trinajstić information content (AvgIpc) is 2.69. The number of halogens is 1. The molecule has 29 heavy (non-hydrogen) atoms. The van der Waals surface area contributed by atoms with Crippen molar-refractivity contribution in [2.75, 3.05) is 31.6 Å². The number of methoxy groups -OCH3 is 1. The third kappa shape index (κ3) is 6.92. The lowest BCUT2D eigenvalue weighted by Crippen LogP contribution is -2.25. The molecule has 7 nitrogen and oxygen atoms in total. The van der Waals surface area contributed by atoms with Crippen LogP contribution >= 0.6 is 11.6 Å². The van der Waals surface area contributed by atoms with Crippen molar-refractivity contribution >= 4 is 33.2 Å². The minimum absolute atomic E-state index is 0.0279. The number of sulfonamides is 1. The first-order valence-electron chi connectivity index (χ1n) is 9.19. The average molecular weight is 441 g/mol. The number of carbonyl (C=O) groups is 1. The molecule has 2 aromatic rings. The Labute approximate surface area is 176 Å². The number of rotatable bonds is 11. The third-order valence-corrected chi connectivity index (χ3v) is 5.82. The van der Waals surface area contributed by atoms with Gasteiger partial charge >= 0.3 is 0 Å². The second kappa shape index (κ2) is 11.0. The molecule has 2 aromatic carbocycles. The molecule has 2 N–H and O–H groups in total. The summed E-state index contributed by atoms with van der Waals surface area (Å²) in [5.41, 5.74) is 0.575. The van der Waals surface area contributed by atoms with Crippen LogP contribution in [-0.2, 0) is 14.8 Å². The Morgan fingerprint density at radius 1 is 1.10 bits per heavy atom. The van der Waals surface area contributed by atoms with Crippen molar-refractivity contribution in [1.82, 2.24) is 5.32 Å². The van der Waals surface area contributed by atoms with E-state index in [9.17, 15) is 13.2 Å². The summed E-state index contributed by atoms with van der Waals surface area (Å²) < 4.78 is 38.3. The van der Waals surface area contributed by atoms with Gasteiger partial charge in [0.2, 0.25) is 0 Å². The highest BCUT2D eigenvalue weighted by atomic mass is 35.5. The Morgan fingerprint density at radius 3 is 2.48 bits per heavy atom. The quantitative estimate of drug-likeness (QED) is 0.519. The molecule has 0 radical (unpaired) electrons. The molecule has 0 aliphatic heterocycles.